The van der Waals surface area contributed by atoms with Gasteiger partial charge in [0.25, 0.3) is 5.91 Å². The van der Waals surface area contributed by atoms with Crippen LogP contribution in [0.15, 0.2) is 17.5 Å². The van der Waals surface area contributed by atoms with Gasteiger partial charge in [-0.15, -0.1) is 11.3 Å². The largest absolute Gasteiger partial charge is 0.376 e. The molecule has 0 unspecified atom stereocenters. The quantitative estimate of drug-likeness (QED) is 0.810. The second-order valence-electron chi connectivity index (χ2n) is 7.96. The second-order valence-corrected chi connectivity index (χ2v) is 8.91. The molecule has 3 aliphatic heterocycles. The summed E-state index contributed by atoms with van der Waals surface area (Å²) < 4.78 is 5.94. The molecule has 1 aromatic heterocycles. The van der Waals surface area contributed by atoms with E-state index in [0.717, 1.165) is 6.61 Å². The third-order valence-corrected chi connectivity index (χ3v) is 6.96. The Kier molecular flexibility index (Phi) is 4.20. The van der Waals surface area contributed by atoms with Gasteiger partial charge >= 0.3 is 0 Å². The molecule has 5 rings (SSSR count). The average molecular weight is 389 g/mol. The Morgan fingerprint density at radius 3 is 2.81 bits per heavy atom. The van der Waals surface area contributed by atoms with E-state index in [4.69, 9.17) is 4.74 Å². The molecule has 0 spiro atoms. The number of rotatable bonds is 5. The first-order valence-electron chi connectivity index (χ1n) is 9.69. The maximum atomic E-state index is 13.1. The Balaban J connectivity index is 1.28. The molecule has 1 saturated carbocycles. The second kappa shape index (κ2) is 6.60. The van der Waals surface area contributed by atoms with Gasteiger partial charge in [-0.05, 0) is 36.6 Å². The number of amides is 3. The zero-order valence-electron chi connectivity index (χ0n) is 15.0. The van der Waals surface area contributed by atoms with E-state index < -0.39 is 12.1 Å². The highest BCUT2D eigenvalue weighted by Gasteiger charge is 2.55. The molecular formula is C19H23N3O4S. The highest BCUT2D eigenvalue weighted by molar-refractivity contribution is 7.12. The van der Waals surface area contributed by atoms with Crippen molar-refractivity contribution < 1.29 is 19.1 Å². The van der Waals surface area contributed by atoms with E-state index >= 15 is 0 Å². The van der Waals surface area contributed by atoms with Crippen molar-refractivity contribution in [3.8, 4) is 0 Å². The Labute approximate surface area is 161 Å². The monoisotopic (exact) mass is 389 g/mol. The van der Waals surface area contributed by atoms with Crippen LogP contribution < -0.4 is 5.32 Å². The molecule has 1 aromatic rings. The Bertz CT molecular complexity index is 763. The van der Waals surface area contributed by atoms with Crippen LogP contribution in [0, 0.1) is 5.92 Å². The molecule has 4 aliphatic rings. The molecule has 144 valence electrons. The van der Waals surface area contributed by atoms with Crippen molar-refractivity contribution in [1.82, 2.24) is 15.1 Å². The van der Waals surface area contributed by atoms with Gasteiger partial charge in [0.2, 0.25) is 11.8 Å². The molecule has 4 fully saturated rings. The summed E-state index contributed by atoms with van der Waals surface area (Å²) in [5, 5.41) is 4.82. The van der Waals surface area contributed by atoms with Crippen molar-refractivity contribution >= 4 is 29.1 Å². The fourth-order valence-corrected chi connectivity index (χ4v) is 5.08. The molecule has 8 heteroatoms. The molecule has 3 amide bonds. The summed E-state index contributed by atoms with van der Waals surface area (Å²) in [4.78, 5) is 42.5. The van der Waals surface area contributed by atoms with Crippen LogP contribution in [-0.2, 0) is 14.3 Å². The molecule has 4 heterocycles. The van der Waals surface area contributed by atoms with Crippen molar-refractivity contribution in [3.63, 3.8) is 0 Å². The lowest BCUT2D eigenvalue weighted by atomic mass is 10.0. The highest BCUT2D eigenvalue weighted by Crippen LogP contribution is 2.35. The number of nitrogens with zero attached hydrogens (tertiary/aromatic N) is 2. The molecular weight excluding hydrogens is 366 g/mol. The number of fused-ring (bicyclic) bond motifs is 2. The molecule has 0 bridgehead atoms. The van der Waals surface area contributed by atoms with Gasteiger partial charge in [0.1, 0.15) is 12.1 Å². The van der Waals surface area contributed by atoms with Crippen LogP contribution in [0.25, 0.3) is 0 Å². The minimum Gasteiger partial charge on any atom is -0.376 e. The van der Waals surface area contributed by atoms with Crippen molar-refractivity contribution in [2.45, 2.75) is 49.9 Å². The van der Waals surface area contributed by atoms with Crippen LogP contribution in [-0.4, -0.2) is 71.4 Å². The summed E-state index contributed by atoms with van der Waals surface area (Å²) >= 11 is 1.37. The van der Waals surface area contributed by atoms with Gasteiger partial charge in [-0.25, -0.2) is 0 Å². The molecule has 1 N–H and O–H groups in total. The first-order valence-corrected chi connectivity index (χ1v) is 10.6. The maximum Gasteiger partial charge on any atom is 0.261 e. The number of hydrogen-bond donors (Lipinski definition) is 1. The van der Waals surface area contributed by atoms with Crippen LogP contribution >= 0.6 is 11.3 Å². The molecule has 1 aliphatic carbocycles. The maximum absolute atomic E-state index is 13.1. The fourth-order valence-electron chi connectivity index (χ4n) is 4.46. The van der Waals surface area contributed by atoms with Crippen LogP contribution in [0.1, 0.15) is 35.4 Å². The topological polar surface area (TPSA) is 79.0 Å². The van der Waals surface area contributed by atoms with Crippen molar-refractivity contribution in [2.75, 3.05) is 19.7 Å². The Morgan fingerprint density at radius 1 is 1.22 bits per heavy atom. The van der Waals surface area contributed by atoms with Crippen LogP contribution in [0.3, 0.4) is 0 Å². The number of thiophene rings is 1. The SMILES string of the molecule is O=C(N[C@H]1CCN2C(=O)[C@@H]3C[C@@H](OCC4CC4)CN3C(=O)[C@H]12)c1cccs1. The zero-order valence-corrected chi connectivity index (χ0v) is 15.8. The lowest BCUT2D eigenvalue weighted by molar-refractivity contribution is -0.157. The Hall–Kier alpha value is -1.93. The molecule has 0 aromatic carbocycles. The first kappa shape index (κ1) is 17.2. The summed E-state index contributed by atoms with van der Waals surface area (Å²) in [5.74, 6) is 0.441. The minimum absolute atomic E-state index is 0.00462. The molecule has 27 heavy (non-hydrogen) atoms. The predicted octanol–water partition coefficient (Wildman–Crippen LogP) is 0.857. The number of nitrogens with one attached hydrogen (secondary N) is 1. The summed E-state index contributed by atoms with van der Waals surface area (Å²) in [5.41, 5.74) is 0. The predicted molar refractivity (Wildman–Crippen MR) is 98.3 cm³/mol. The number of carbonyl (C=O) groups excluding carboxylic acids is 3. The molecule has 7 nitrogen and oxygen atoms in total. The van der Waals surface area contributed by atoms with Gasteiger partial charge in [-0.3, -0.25) is 14.4 Å². The van der Waals surface area contributed by atoms with E-state index in [2.05, 4.69) is 5.32 Å². The van der Waals surface area contributed by atoms with Gasteiger partial charge in [-0.1, -0.05) is 6.07 Å². The van der Waals surface area contributed by atoms with Crippen LogP contribution in [0.4, 0.5) is 0 Å². The lowest BCUT2D eigenvalue weighted by Gasteiger charge is -2.40. The van der Waals surface area contributed by atoms with E-state index in [0.29, 0.717) is 36.7 Å². The highest BCUT2D eigenvalue weighted by atomic mass is 32.1. The van der Waals surface area contributed by atoms with E-state index in [1.165, 1.54) is 24.2 Å². The summed E-state index contributed by atoms with van der Waals surface area (Å²) in [6, 6.07) is 2.28. The van der Waals surface area contributed by atoms with Gasteiger partial charge < -0.3 is 19.9 Å². The average Bonchev–Trinajstić information content (AvgIpc) is 3.08. The van der Waals surface area contributed by atoms with Crippen molar-refractivity contribution in [1.29, 1.82) is 0 Å². The standard InChI is InChI=1S/C19H23N3O4S/c23-17(15-2-1-7-27-15)20-13-5-6-21-16(13)19(25)22-9-12(8-14(22)18(21)24)26-10-11-3-4-11/h1-2,7,11-14,16H,3-6,8-10H2,(H,20,23)/t12-,13+,14+,16+/m1/s1. The minimum atomic E-state index is -0.583. The van der Waals surface area contributed by atoms with Crippen molar-refractivity contribution in [3.05, 3.63) is 22.4 Å². The number of carbonyl (C=O) groups is 3. The van der Waals surface area contributed by atoms with Gasteiger partial charge in [0.15, 0.2) is 0 Å². The third-order valence-electron chi connectivity index (χ3n) is 6.09. The normalized spacial score (nSPS) is 32.6. The van der Waals surface area contributed by atoms with E-state index in [1.54, 1.807) is 15.9 Å². The zero-order chi connectivity index (χ0) is 18.5. The van der Waals surface area contributed by atoms with E-state index in [9.17, 15) is 14.4 Å². The summed E-state index contributed by atoms with van der Waals surface area (Å²) in [7, 11) is 0. The van der Waals surface area contributed by atoms with Crippen LogP contribution in [0.5, 0.6) is 0 Å². The summed E-state index contributed by atoms with van der Waals surface area (Å²) in [6.07, 6.45) is 3.59. The number of hydrogen-bond acceptors (Lipinski definition) is 5. The van der Waals surface area contributed by atoms with Gasteiger partial charge in [-0.2, -0.15) is 0 Å². The summed E-state index contributed by atoms with van der Waals surface area (Å²) in [6.45, 7) is 1.74. The van der Waals surface area contributed by atoms with E-state index in [1.807, 2.05) is 11.4 Å². The molecule has 0 radical (unpaired) electrons. The van der Waals surface area contributed by atoms with E-state index in [-0.39, 0.29) is 29.9 Å². The molecule has 3 saturated heterocycles. The van der Waals surface area contributed by atoms with Crippen molar-refractivity contribution in [2.24, 2.45) is 5.92 Å². The van der Waals surface area contributed by atoms with Crippen LogP contribution in [0.2, 0.25) is 0 Å². The number of piperazine rings is 1. The molecule has 4 atom stereocenters. The fraction of sp³-hybridized carbons (Fsp3) is 0.632. The third kappa shape index (κ3) is 3.04. The van der Waals surface area contributed by atoms with Gasteiger partial charge in [0, 0.05) is 26.1 Å². The smallest absolute Gasteiger partial charge is 0.261 e. The first-order chi connectivity index (χ1) is 13.1. The van der Waals surface area contributed by atoms with Gasteiger partial charge in [0.05, 0.1) is 17.0 Å². The number of ether oxygens (including phenoxy) is 1. The lowest BCUT2D eigenvalue weighted by Crippen LogP contribution is -2.64. The Morgan fingerprint density at radius 2 is 2.07 bits per heavy atom.